The van der Waals surface area contributed by atoms with Crippen molar-refractivity contribution in [2.24, 2.45) is 5.92 Å². The molecule has 0 amide bonds. The van der Waals surface area contributed by atoms with E-state index in [1.54, 1.807) is 6.08 Å². The number of aldehydes is 1. The monoisotopic (exact) mass is 272 g/mol. The zero-order valence-electron chi connectivity index (χ0n) is 11.2. The summed E-state index contributed by atoms with van der Waals surface area (Å²) in [5.74, 6) is -0.757. The summed E-state index contributed by atoms with van der Waals surface area (Å²) >= 11 is 0. The van der Waals surface area contributed by atoms with Gasteiger partial charge in [0, 0.05) is 5.56 Å². The molecule has 2 heteroatoms. The number of hydrogen-bond acceptors (Lipinski definition) is 2. The lowest BCUT2D eigenvalue weighted by molar-refractivity contribution is -0.108. The molecular formula is C19H12O2. The van der Waals surface area contributed by atoms with Gasteiger partial charge in [0.15, 0.2) is 5.78 Å². The van der Waals surface area contributed by atoms with E-state index in [9.17, 15) is 9.59 Å². The molecule has 0 aliphatic heterocycles. The molecule has 1 aliphatic carbocycles. The SMILES string of the molecule is O=CC1C=Cc2cc3cc4ccccc4cc3cc2C1=O. The van der Waals surface area contributed by atoms with Crippen LogP contribution in [0.3, 0.4) is 0 Å². The van der Waals surface area contributed by atoms with Crippen molar-refractivity contribution in [1.29, 1.82) is 0 Å². The average Bonchev–Trinajstić information content (AvgIpc) is 2.52. The minimum atomic E-state index is -0.643. The number of allylic oxidation sites excluding steroid dienone is 1. The van der Waals surface area contributed by atoms with Crippen LogP contribution in [0.4, 0.5) is 0 Å². The van der Waals surface area contributed by atoms with Gasteiger partial charge in [0.25, 0.3) is 0 Å². The maximum atomic E-state index is 12.3. The van der Waals surface area contributed by atoms with Crippen LogP contribution in [0.15, 0.2) is 54.6 Å². The first-order valence-electron chi connectivity index (χ1n) is 6.90. The molecule has 0 fully saturated rings. The lowest BCUT2D eigenvalue weighted by Crippen LogP contribution is -2.18. The third-order valence-corrected chi connectivity index (χ3v) is 4.07. The summed E-state index contributed by atoms with van der Waals surface area (Å²) in [7, 11) is 0. The number of hydrogen-bond donors (Lipinski definition) is 0. The van der Waals surface area contributed by atoms with Gasteiger partial charge in [0.2, 0.25) is 0 Å². The molecule has 1 atom stereocenters. The topological polar surface area (TPSA) is 34.1 Å². The third-order valence-electron chi connectivity index (χ3n) is 4.07. The van der Waals surface area contributed by atoms with Crippen LogP contribution in [-0.4, -0.2) is 12.1 Å². The van der Waals surface area contributed by atoms with Gasteiger partial charge >= 0.3 is 0 Å². The van der Waals surface area contributed by atoms with Crippen molar-refractivity contribution in [2.45, 2.75) is 0 Å². The van der Waals surface area contributed by atoms with Crippen LogP contribution < -0.4 is 0 Å². The molecule has 1 aliphatic rings. The molecule has 0 heterocycles. The van der Waals surface area contributed by atoms with Gasteiger partial charge in [-0.3, -0.25) is 4.79 Å². The van der Waals surface area contributed by atoms with E-state index >= 15 is 0 Å². The molecule has 3 aromatic rings. The summed E-state index contributed by atoms with van der Waals surface area (Å²) < 4.78 is 0. The third kappa shape index (κ3) is 1.80. The molecule has 0 aromatic heterocycles. The highest BCUT2D eigenvalue weighted by Gasteiger charge is 2.23. The van der Waals surface area contributed by atoms with Crippen molar-refractivity contribution in [3.63, 3.8) is 0 Å². The minimum absolute atomic E-state index is 0.113. The van der Waals surface area contributed by atoms with Crippen LogP contribution in [0.25, 0.3) is 27.6 Å². The van der Waals surface area contributed by atoms with Crippen molar-refractivity contribution in [3.8, 4) is 0 Å². The molecular weight excluding hydrogens is 260 g/mol. The lowest BCUT2D eigenvalue weighted by Gasteiger charge is -2.15. The number of ketones is 1. The van der Waals surface area contributed by atoms with Gasteiger partial charge in [-0.15, -0.1) is 0 Å². The first kappa shape index (κ1) is 12.0. The number of rotatable bonds is 1. The first-order valence-corrected chi connectivity index (χ1v) is 6.90. The molecule has 4 rings (SSSR count). The summed E-state index contributed by atoms with van der Waals surface area (Å²) in [6.07, 6.45) is 4.24. The van der Waals surface area contributed by atoms with E-state index in [2.05, 4.69) is 24.3 Å². The quantitative estimate of drug-likeness (QED) is 0.381. The number of fused-ring (bicyclic) bond motifs is 3. The molecule has 0 bridgehead atoms. The Balaban J connectivity index is 2.02. The van der Waals surface area contributed by atoms with E-state index in [-0.39, 0.29) is 5.78 Å². The van der Waals surface area contributed by atoms with Crippen molar-refractivity contribution in [1.82, 2.24) is 0 Å². The van der Waals surface area contributed by atoms with E-state index in [4.69, 9.17) is 0 Å². The molecule has 0 radical (unpaired) electrons. The van der Waals surface area contributed by atoms with Crippen molar-refractivity contribution >= 4 is 39.7 Å². The van der Waals surface area contributed by atoms with Crippen LogP contribution in [0.1, 0.15) is 15.9 Å². The van der Waals surface area contributed by atoms with E-state index in [1.165, 1.54) is 5.39 Å². The van der Waals surface area contributed by atoms with Crippen LogP contribution in [-0.2, 0) is 4.79 Å². The number of Topliss-reactive ketones (excluding diaryl/α,β-unsaturated/α-hetero) is 1. The molecule has 3 aromatic carbocycles. The molecule has 2 nitrogen and oxygen atoms in total. The first-order chi connectivity index (χ1) is 10.3. The second kappa shape index (κ2) is 4.38. The van der Waals surface area contributed by atoms with E-state index in [1.807, 2.05) is 30.3 Å². The van der Waals surface area contributed by atoms with Gasteiger partial charge in [0.05, 0.1) is 5.92 Å². The summed E-state index contributed by atoms with van der Waals surface area (Å²) in [6, 6.07) is 16.3. The average molecular weight is 272 g/mol. The van der Waals surface area contributed by atoms with Crippen molar-refractivity contribution in [2.75, 3.05) is 0 Å². The molecule has 0 spiro atoms. The van der Waals surface area contributed by atoms with Gasteiger partial charge < -0.3 is 4.79 Å². The Morgan fingerprint density at radius 1 is 0.857 bits per heavy atom. The van der Waals surface area contributed by atoms with Gasteiger partial charge in [-0.05, 0) is 51.4 Å². The molecule has 100 valence electrons. The highest BCUT2D eigenvalue weighted by atomic mass is 16.1. The molecule has 0 N–H and O–H groups in total. The fraction of sp³-hybridized carbons (Fsp3) is 0.0526. The predicted molar refractivity (Wildman–Crippen MR) is 84.4 cm³/mol. The zero-order chi connectivity index (χ0) is 14.4. The maximum Gasteiger partial charge on any atom is 0.177 e. The number of carbonyl (C=O) groups excluding carboxylic acids is 2. The largest absolute Gasteiger partial charge is 0.302 e. The number of benzene rings is 3. The molecule has 1 unspecified atom stereocenters. The Bertz CT molecular complexity index is 935. The summed E-state index contributed by atoms with van der Waals surface area (Å²) in [6.45, 7) is 0. The number of carbonyl (C=O) groups is 2. The second-order valence-corrected chi connectivity index (χ2v) is 5.37. The van der Waals surface area contributed by atoms with E-state index < -0.39 is 5.92 Å². The summed E-state index contributed by atoms with van der Waals surface area (Å²) in [5.41, 5.74) is 1.53. The highest BCUT2D eigenvalue weighted by molar-refractivity contribution is 6.13. The lowest BCUT2D eigenvalue weighted by atomic mass is 9.87. The smallest absolute Gasteiger partial charge is 0.177 e. The Kier molecular flexibility index (Phi) is 2.51. The second-order valence-electron chi connectivity index (χ2n) is 5.37. The predicted octanol–water partition coefficient (Wildman–Crippen LogP) is 4.02. The molecule has 0 saturated heterocycles. The van der Waals surface area contributed by atoms with E-state index in [0.717, 1.165) is 21.7 Å². The Morgan fingerprint density at radius 3 is 2.19 bits per heavy atom. The Hall–Kier alpha value is -2.74. The molecule has 21 heavy (non-hydrogen) atoms. The summed E-state index contributed by atoms with van der Waals surface area (Å²) in [4.78, 5) is 23.2. The fourth-order valence-electron chi connectivity index (χ4n) is 2.94. The van der Waals surface area contributed by atoms with Gasteiger partial charge in [-0.25, -0.2) is 0 Å². The fourth-order valence-corrected chi connectivity index (χ4v) is 2.94. The Morgan fingerprint density at radius 2 is 1.52 bits per heavy atom. The van der Waals surface area contributed by atoms with Crippen molar-refractivity contribution < 1.29 is 9.59 Å². The Labute approximate surface area is 121 Å². The maximum absolute atomic E-state index is 12.3. The van der Waals surface area contributed by atoms with Crippen LogP contribution in [0.5, 0.6) is 0 Å². The normalized spacial score (nSPS) is 17.1. The van der Waals surface area contributed by atoms with Gasteiger partial charge in [0.1, 0.15) is 6.29 Å². The molecule has 0 saturated carbocycles. The van der Waals surface area contributed by atoms with Crippen LogP contribution in [0.2, 0.25) is 0 Å². The standard InChI is InChI=1S/C19H12O2/c20-11-15-6-5-14-9-16-7-12-3-1-2-4-13(12)8-17(16)10-18(14)19(15)21/h1-11,15H. The van der Waals surface area contributed by atoms with Gasteiger partial charge in [-0.1, -0.05) is 36.4 Å². The highest BCUT2D eigenvalue weighted by Crippen LogP contribution is 2.30. The van der Waals surface area contributed by atoms with Crippen LogP contribution >= 0.6 is 0 Å². The minimum Gasteiger partial charge on any atom is -0.302 e. The van der Waals surface area contributed by atoms with E-state index in [0.29, 0.717) is 11.8 Å². The summed E-state index contributed by atoms with van der Waals surface area (Å²) in [5, 5.41) is 4.47. The van der Waals surface area contributed by atoms with Gasteiger partial charge in [-0.2, -0.15) is 0 Å². The van der Waals surface area contributed by atoms with Crippen LogP contribution in [0, 0.1) is 5.92 Å². The van der Waals surface area contributed by atoms with Crippen molar-refractivity contribution in [3.05, 3.63) is 65.7 Å². The zero-order valence-corrected chi connectivity index (χ0v) is 11.2.